The Bertz CT molecular complexity index is 1310. The zero-order valence-corrected chi connectivity index (χ0v) is 24.2. The Balaban J connectivity index is 1.86. The van der Waals surface area contributed by atoms with Crippen LogP contribution in [0.4, 0.5) is 4.79 Å². The van der Waals surface area contributed by atoms with Crippen LogP contribution in [-0.2, 0) is 30.4 Å². The third kappa shape index (κ3) is 9.53. The van der Waals surface area contributed by atoms with Crippen LogP contribution in [-0.4, -0.2) is 67.6 Å². The van der Waals surface area contributed by atoms with Gasteiger partial charge in [-0.05, 0) is 48.4 Å². The molecule has 1 aliphatic carbocycles. The number of nitrogens with one attached hydrogen (secondary N) is 4. The minimum absolute atomic E-state index is 0.0972. The van der Waals surface area contributed by atoms with Crippen molar-refractivity contribution >= 4 is 53.7 Å². The predicted molar refractivity (Wildman–Crippen MR) is 160 cm³/mol. The van der Waals surface area contributed by atoms with Crippen molar-refractivity contribution in [1.29, 1.82) is 0 Å². The molecule has 11 heteroatoms. The van der Waals surface area contributed by atoms with Gasteiger partial charge in [0.05, 0.1) is 12.6 Å². The number of hydrogen-bond donors (Lipinski definition) is 4. The summed E-state index contributed by atoms with van der Waals surface area (Å²) in [5, 5.41) is 12.2. The number of rotatable bonds is 14. The summed E-state index contributed by atoms with van der Waals surface area (Å²) in [6.45, 7) is 2.79. The highest BCUT2D eigenvalue weighted by Crippen LogP contribution is 2.27. The molecule has 0 aliphatic heterocycles. The molecule has 2 unspecified atom stereocenters. The average molecular weight is 574 g/mol. The number of amides is 4. The summed E-state index contributed by atoms with van der Waals surface area (Å²) >= 11 is 0. The van der Waals surface area contributed by atoms with E-state index >= 15 is 0 Å². The summed E-state index contributed by atoms with van der Waals surface area (Å²) in [7, 11) is 5.40. The molecule has 0 heterocycles. The highest BCUT2D eigenvalue weighted by atomic mass is 16.2. The maximum absolute atomic E-state index is 13.7. The van der Waals surface area contributed by atoms with E-state index in [9.17, 15) is 28.8 Å². The zero-order chi connectivity index (χ0) is 30.6. The van der Waals surface area contributed by atoms with E-state index in [-0.39, 0.29) is 31.1 Å². The second-order valence-corrected chi connectivity index (χ2v) is 10.9. The van der Waals surface area contributed by atoms with Crippen molar-refractivity contribution in [1.82, 2.24) is 21.3 Å². The minimum atomic E-state index is -1.15. The highest BCUT2D eigenvalue weighted by molar-refractivity contribution is 6.57. The van der Waals surface area contributed by atoms with Gasteiger partial charge in [-0.1, -0.05) is 75.1 Å². The van der Waals surface area contributed by atoms with Crippen LogP contribution in [0, 0.1) is 5.92 Å². The van der Waals surface area contributed by atoms with Gasteiger partial charge in [-0.15, -0.1) is 0 Å². The lowest BCUT2D eigenvalue weighted by Crippen LogP contribution is -2.58. The van der Waals surface area contributed by atoms with Crippen LogP contribution in [0.25, 0.3) is 10.8 Å². The van der Waals surface area contributed by atoms with E-state index in [1.807, 2.05) is 42.5 Å². The first kappa shape index (κ1) is 32.5. The fourth-order valence-electron chi connectivity index (χ4n) is 5.37. The lowest BCUT2D eigenvalue weighted by Gasteiger charge is -2.31. The van der Waals surface area contributed by atoms with Gasteiger partial charge < -0.3 is 21.3 Å². The molecule has 3 rings (SSSR count). The van der Waals surface area contributed by atoms with Crippen LogP contribution in [0.5, 0.6) is 0 Å². The largest absolute Gasteiger partial charge is 0.354 e. The molecule has 1 fully saturated rings. The number of Topliss-reactive ketones (excluding diaryl/α,β-unsaturated/α-hetero) is 2. The molecule has 4 N–H and O–H groups in total. The maximum atomic E-state index is 13.7. The van der Waals surface area contributed by atoms with Gasteiger partial charge in [-0.3, -0.25) is 28.8 Å². The molecule has 3 atom stereocenters. The van der Waals surface area contributed by atoms with Gasteiger partial charge in [0.15, 0.2) is 5.81 Å². The minimum Gasteiger partial charge on any atom is -0.354 e. The number of carbonyl (C=O) groups excluding carboxylic acids is 6. The number of benzene rings is 2. The number of hydrogen-bond acceptors (Lipinski definition) is 6. The summed E-state index contributed by atoms with van der Waals surface area (Å²) in [4.78, 5) is 75.6. The summed E-state index contributed by atoms with van der Waals surface area (Å²) < 4.78 is 0. The summed E-state index contributed by atoms with van der Waals surface area (Å²) in [6.07, 6.45) is 5.13. The van der Waals surface area contributed by atoms with E-state index in [0.717, 1.165) is 48.4 Å². The monoisotopic (exact) mass is 574 g/mol. The Hall–Kier alpha value is -4.02. The van der Waals surface area contributed by atoms with Crippen molar-refractivity contribution in [3.05, 3.63) is 48.0 Å². The average Bonchev–Trinajstić information content (AvgIpc) is 2.97. The molecule has 0 aromatic heterocycles. The molecular formula is C31H39BN4O6. The Morgan fingerprint density at radius 1 is 0.857 bits per heavy atom. The second kappa shape index (κ2) is 15.8. The molecule has 2 aromatic carbocycles. The van der Waals surface area contributed by atoms with Gasteiger partial charge in [0.2, 0.25) is 25.4 Å². The van der Waals surface area contributed by atoms with Crippen LogP contribution in [0.3, 0.4) is 0 Å². The van der Waals surface area contributed by atoms with Crippen molar-refractivity contribution in [2.75, 3.05) is 6.54 Å². The zero-order valence-electron chi connectivity index (χ0n) is 24.2. The van der Waals surface area contributed by atoms with Gasteiger partial charge in [0, 0.05) is 6.42 Å². The molecule has 42 heavy (non-hydrogen) atoms. The van der Waals surface area contributed by atoms with E-state index in [1.165, 1.54) is 6.92 Å². The van der Waals surface area contributed by atoms with Gasteiger partial charge >= 0.3 is 0 Å². The lowest BCUT2D eigenvalue weighted by molar-refractivity contribution is -0.141. The van der Waals surface area contributed by atoms with Crippen molar-refractivity contribution in [3.8, 4) is 0 Å². The first-order valence-corrected chi connectivity index (χ1v) is 14.5. The van der Waals surface area contributed by atoms with Gasteiger partial charge in [-0.25, -0.2) is 0 Å². The van der Waals surface area contributed by atoms with Crippen molar-refractivity contribution in [2.45, 2.75) is 83.3 Å². The molecule has 4 amide bonds. The summed E-state index contributed by atoms with van der Waals surface area (Å²) in [6, 6.07) is 10.3. The standard InChI is InChI=1S/C31H39BN4O6/c1-3-9-24(27(38)30(41)33-18-19(2)37)34-28(39)25(17-20-14-15-21-10-7-8-13-23(21)16-20)35-29(40)26(36-31(32)42)22-11-5-4-6-12-22/h7-8,10,13-16,22,24-26H,3-6,9,11-12,17-18H2,1-2H3,(H,33,41)(H,34,39)(H,35,40)(H,36,42)/t24?,25-,26?/m0/s1. The first-order valence-electron chi connectivity index (χ1n) is 14.5. The molecule has 0 spiro atoms. The van der Waals surface area contributed by atoms with Crippen LogP contribution < -0.4 is 21.3 Å². The molecular weight excluding hydrogens is 535 g/mol. The van der Waals surface area contributed by atoms with E-state index in [2.05, 4.69) is 21.3 Å². The Labute approximate surface area is 247 Å². The highest BCUT2D eigenvalue weighted by Gasteiger charge is 2.34. The Morgan fingerprint density at radius 3 is 2.17 bits per heavy atom. The summed E-state index contributed by atoms with van der Waals surface area (Å²) in [5.41, 5.74) is 0.767. The number of carbonyl (C=O) groups is 6. The second-order valence-electron chi connectivity index (χ2n) is 10.9. The molecule has 0 saturated heterocycles. The normalized spacial score (nSPS) is 15.6. The molecule has 2 aromatic rings. The van der Waals surface area contributed by atoms with E-state index < -0.39 is 47.4 Å². The third-order valence-corrected chi connectivity index (χ3v) is 7.52. The topological polar surface area (TPSA) is 151 Å². The smallest absolute Gasteiger partial charge is 0.289 e. The molecule has 1 saturated carbocycles. The van der Waals surface area contributed by atoms with Crippen molar-refractivity contribution in [2.24, 2.45) is 5.92 Å². The maximum Gasteiger partial charge on any atom is 0.289 e. The van der Waals surface area contributed by atoms with Crippen molar-refractivity contribution < 1.29 is 28.8 Å². The van der Waals surface area contributed by atoms with E-state index in [0.29, 0.717) is 6.42 Å². The molecule has 0 bridgehead atoms. The van der Waals surface area contributed by atoms with Crippen LogP contribution in [0.2, 0.25) is 0 Å². The fraction of sp³-hybridized carbons (Fsp3) is 0.484. The molecule has 222 valence electrons. The fourth-order valence-corrected chi connectivity index (χ4v) is 5.37. The summed E-state index contributed by atoms with van der Waals surface area (Å²) in [5.74, 6) is -4.32. The lowest BCUT2D eigenvalue weighted by atomic mass is 9.83. The molecule has 1 aliphatic rings. The Morgan fingerprint density at radius 2 is 1.52 bits per heavy atom. The predicted octanol–water partition coefficient (Wildman–Crippen LogP) is 2.25. The number of fused-ring (bicyclic) bond motifs is 1. The Kier molecular flexibility index (Phi) is 12.3. The van der Waals surface area contributed by atoms with Crippen LogP contribution in [0.15, 0.2) is 42.5 Å². The third-order valence-electron chi connectivity index (χ3n) is 7.52. The number of ketones is 2. The van der Waals surface area contributed by atoms with E-state index in [1.54, 1.807) is 6.92 Å². The SMILES string of the molecule is [B]C(=O)NC(C(=O)N[C@@H](Cc1ccc2ccccc2c1)C(=O)NC(CCC)C(=O)C(=O)NCC(C)=O)C1CCCCC1. The van der Waals surface area contributed by atoms with Crippen molar-refractivity contribution in [3.63, 3.8) is 0 Å². The van der Waals surface area contributed by atoms with Gasteiger partial charge in [0.25, 0.3) is 5.91 Å². The quantitative estimate of drug-likeness (QED) is 0.201. The van der Waals surface area contributed by atoms with E-state index in [4.69, 9.17) is 7.85 Å². The van der Waals surface area contributed by atoms with Gasteiger partial charge in [-0.2, -0.15) is 0 Å². The van der Waals surface area contributed by atoms with Crippen LogP contribution in [0.1, 0.15) is 64.4 Å². The molecule has 10 nitrogen and oxygen atoms in total. The first-order chi connectivity index (χ1) is 20.1. The van der Waals surface area contributed by atoms with Crippen LogP contribution >= 0.6 is 0 Å². The van der Waals surface area contributed by atoms with Gasteiger partial charge in [0.1, 0.15) is 17.9 Å². The molecule has 2 radical (unpaired) electrons.